The predicted octanol–water partition coefficient (Wildman–Crippen LogP) is 4.31. The van der Waals surface area contributed by atoms with E-state index in [0.29, 0.717) is 6.61 Å². The molecule has 0 N–H and O–H groups in total. The minimum atomic E-state index is 0.479. The Balaban J connectivity index is 1.97. The van der Waals surface area contributed by atoms with Gasteiger partial charge in [-0.3, -0.25) is 4.98 Å². The minimum absolute atomic E-state index is 0.479. The Hall–Kier alpha value is -3.05. The fourth-order valence-electron chi connectivity index (χ4n) is 2.29. The predicted molar refractivity (Wildman–Crippen MR) is 88.4 cm³/mol. The summed E-state index contributed by atoms with van der Waals surface area (Å²) in [4.78, 5) is 4.17. The highest BCUT2D eigenvalue weighted by Gasteiger charge is 2.11. The molecule has 0 atom stereocenters. The molecule has 1 aromatic heterocycles. The molecular formula is C20H15NO. The van der Waals surface area contributed by atoms with Crippen LogP contribution >= 0.6 is 0 Å². The second-order valence-corrected chi connectivity index (χ2v) is 4.84. The first-order chi connectivity index (χ1) is 10.9. The van der Waals surface area contributed by atoms with E-state index < -0.39 is 0 Å². The van der Waals surface area contributed by atoms with Crippen LogP contribution in [0.25, 0.3) is 11.1 Å². The monoisotopic (exact) mass is 285 g/mol. The summed E-state index contributed by atoms with van der Waals surface area (Å²) in [5, 5.41) is 0. The molecule has 0 saturated heterocycles. The second-order valence-electron chi connectivity index (χ2n) is 4.84. The average molecular weight is 285 g/mol. The standard InChI is InChI=1S/C20H15NO/c1-2-17-10-6-12-19(18-11-7-13-21-14-18)20(17)22-15-16-8-4-3-5-9-16/h1,3-14H,15H2. The van der Waals surface area contributed by atoms with Gasteiger partial charge in [-0.05, 0) is 17.7 Å². The van der Waals surface area contributed by atoms with Crippen molar-refractivity contribution in [3.05, 3.63) is 84.2 Å². The third-order valence-corrected chi connectivity index (χ3v) is 3.37. The molecule has 22 heavy (non-hydrogen) atoms. The summed E-state index contributed by atoms with van der Waals surface area (Å²) >= 11 is 0. The molecule has 0 aliphatic heterocycles. The number of hydrogen-bond acceptors (Lipinski definition) is 2. The van der Waals surface area contributed by atoms with Crippen molar-refractivity contribution in [3.63, 3.8) is 0 Å². The van der Waals surface area contributed by atoms with Gasteiger partial charge in [0.1, 0.15) is 12.4 Å². The van der Waals surface area contributed by atoms with E-state index in [0.717, 1.165) is 28.0 Å². The number of benzene rings is 2. The van der Waals surface area contributed by atoms with Gasteiger partial charge in [0.25, 0.3) is 0 Å². The molecule has 0 spiro atoms. The summed E-state index contributed by atoms with van der Waals surface area (Å²) in [5.74, 6) is 3.42. The summed E-state index contributed by atoms with van der Waals surface area (Å²) in [6.45, 7) is 0.479. The van der Waals surface area contributed by atoms with Crippen molar-refractivity contribution in [3.8, 4) is 29.2 Å². The average Bonchev–Trinajstić information content (AvgIpc) is 2.61. The fraction of sp³-hybridized carbons (Fsp3) is 0.0500. The number of nitrogens with zero attached hydrogens (tertiary/aromatic N) is 1. The molecule has 0 aliphatic carbocycles. The number of pyridine rings is 1. The summed E-state index contributed by atoms with van der Waals surface area (Å²) in [7, 11) is 0. The summed E-state index contributed by atoms with van der Waals surface area (Å²) in [6, 6.07) is 19.8. The van der Waals surface area contributed by atoms with Gasteiger partial charge in [-0.2, -0.15) is 0 Å². The number of para-hydroxylation sites is 1. The maximum atomic E-state index is 6.03. The first kappa shape index (κ1) is 13.9. The third-order valence-electron chi connectivity index (χ3n) is 3.37. The van der Waals surface area contributed by atoms with Crippen molar-refractivity contribution in [2.45, 2.75) is 6.61 Å². The van der Waals surface area contributed by atoms with E-state index in [1.165, 1.54) is 0 Å². The Morgan fingerprint density at radius 2 is 1.82 bits per heavy atom. The van der Waals surface area contributed by atoms with E-state index in [1.807, 2.05) is 66.9 Å². The van der Waals surface area contributed by atoms with E-state index in [2.05, 4.69) is 10.9 Å². The fourth-order valence-corrected chi connectivity index (χ4v) is 2.29. The number of ether oxygens (including phenoxy) is 1. The maximum absolute atomic E-state index is 6.03. The lowest BCUT2D eigenvalue weighted by Gasteiger charge is -2.13. The van der Waals surface area contributed by atoms with Crippen LogP contribution in [-0.4, -0.2) is 4.98 Å². The highest BCUT2D eigenvalue weighted by molar-refractivity contribution is 5.73. The zero-order valence-corrected chi connectivity index (χ0v) is 12.1. The number of hydrogen-bond donors (Lipinski definition) is 0. The molecule has 0 bridgehead atoms. The SMILES string of the molecule is C#Cc1cccc(-c2cccnc2)c1OCc1ccccc1. The van der Waals surface area contributed by atoms with E-state index in [4.69, 9.17) is 11.2 Å². The van der Waals surface area contributed by atoms with Gasteiger partial charge < -0.3 is 4.74 Å². The van der Waals surface area contributed by atoms with Crippen molar-refractivity contribution >= 4 is 0 Å². The van der Waals surface area contributed by atoms with Crippen molar-refractivity contribution < 1.29 is 4.74 Å². The molecule has 1 heterocycles. The Morgan fingerprint density at radius 3 is 2.55 bits per heavy atom. The van der Waals surface area contributed by atoms with E-state index >= 15 is 0 Å². The third kappa shape index (κ3) is 2.99. The Morgan fingerprint density at radius 1 is 0.955 bits per heavy atom. The molecule has 2 nitrogen and oxygen atoms in total. The Bertz CT molecular complexity index is 789. The van der Waals surface area contributed by atoms with Crippen LogP contribution in [0.3, 0.4) is 0 Å². The van der Waals surface area contributed by atoms with Crippen molar-refractivity contribution in [2.75, 3.05) is 0 Å². The van der Waals surface area contributed by atoms with Crippen molar-refractivity contribution in [1.29, 1.82) is 0 Å². The van der Waals surface area contributed by atoms with E-state index in [9.17, 15) is 0 Å². The van der Waals surface area contributed by atoms with Gasteiger partial charge >= 0.3 is 0 Å². The van der Waals surface area contributed by atoms with Crippen LogP contribution in [0.2, 0.25) is 0 Å². The molecule has 0 saturated carbocycles. The lowest BCUT2D eigenvalue weighted by atomic mass is 10.0. The number of aromatic nitrogens is 1. The van der Waals surface area contributed by atoms with Crippen LogP contribution in [0.5, 0.6) is 5.75 Å². The Labute approximate surface area is 130 Å². The molecule has 2 aromatic carbocycles. The molecular weight excluding hydrogens is 270 g/mol. The van der Waals surface area contributed by atoms with E-state index in [-0.39, 0.29) is 0 Å². The molecule has 0 radical (unpaired) electrons. The maximum Gasteiger partial charge on any atom is 0.143 e. The molecule has 3 rings (SSSR count). The number of terminal acetylenes is 1. The van der Waals surface area contributed by atoms with Gasteiger partial charge in [0.05, 0.1) is 5.56 Å². The lowest BCUT2D eigenvalue weighted by Crippen LogP contribution is -1.99. The van der Waals surface area contributed by atoms with Crippen molar-refractivity contribution in [2.24, 2.45) is 0 Å². The molecule has 2 heteroatoms. The van der Waals surface area contributed by atoms with Gasteiger partial charge in [-0.25, -0.2) is 0 Å². The van der Waals surface area contributed by atoms with Crippen LogP contribution in [0, 0.1) is 12.3 Å². The van der Waals surface area contributed by atoms with Crippen LogP contribution < -0.4 is 4.74 Å². The molecule has 0 fully saturated rings. The Kier molecular flexibility index (Phi) is 4.17. The zero-order chi connectivity index (χ0) is 15.2. The van der Waals surface area contributed by atoms with Crippen LogP contribution in [0.15, 0.2) is 73.1 Å². The van der Waals surface area contributed by atoms with E-state index in [1.54, 1.807) is 6.20 Å². The highest BCUT2D eigenvalue weighted by atomic mass is 16.5. The zero-order valence-electron chi connectivity index (χ0n) is 12.1. The topological polar surface area (TPSA) is 22.1 Å². The summed E-state index contributed by atoms with van der Waals surface area (Å²) in [5.41, 5.74) is 3.80. The van der Waals surface area contributed by atoms with Crippen LogP contribution in [0.4, 0.5) is 0 Å². The summed E-state index contributed by atoms with van der Waals surface area (Å²) in [6.07, 6.45) is 9.18. The molecule has 106 valence electrons. The largest absolute Gasteiger partial charge is 0.487 e. The first-order valence-electron chi connectivity index (χ1n) is 7.05. The molecule has 0 aliphatic rings. The minimum Gasteiger partial charge on any atom is -0.487 e. The second kappa shape index (κ2) is 6.60. The first-order valence-corrected chi connectivity index (χ1v) is 7.05. The highest BCUT2D eigenvalue weighted by Crippen LogP contribution is 2.33. The molecule has 0 unspecified atom stereocenters. The van der Waals surface area contributed by atoms with Gasteiger partial charge in [0.2, 0.25) is 0 Å². The number of rotatable bonds is 4. The van der Waals surface area contributed by atoms with Crippen molar-refractivity contribution in [1.82, 2.24) is 4.98 Å². The van der Waals surface area contributed by atoms with Crippen LogP contribution in [0.1, 0.15) is 11.1 Å². The van der Waals surface area contributed by atoms with Gasteiger partial charge in [0, 0.05) is 23.5 Å². The molecule has 3 aromatic rings. The van der Waals surface area contributed by atoms with Crippen LogP contribution in [-0.2, 0) is 6.61 Å². The van der Waals surface area contributed by atoms with Gasteiger partial charge in [-0.15, -0.1) is 6.42 Å². The molecule has 0 amide bonds. The summed E-state index contributed by atoms with van der Waals surface area (Å²) < 4.78 is 6.03. The van der Waals surface area contributed by atoms with Gasteiger partial charge in [0.15, 0.2) is 0 Å². The smallest absolute Gasteiger partial charge is 0.143 e. The van der Waals surface area contributed by atoms with Gasteiger partial charge in [-0.1, -0.05) is 54.5 Å². The lowest BCUT2D eigenvalue weighted by molar-refractivity contribution is 0.306. The normalized spacial score (nSPS) is 9.95. The quantitative estimate of drug-likeness (QED) is 0.666.